The fraction of sp³-hybridized carbons (Fsp3) is 0.467. The van der Waals surface area contributed by atoms with Gasteiger partial charge in [0.25, 0.3) is 0 Å². The van der Waals surface area contributed by atoms with E-state index in [0.717, 1.165) is 23.2 Å². The third-order valence-electron chi connectivity index (χ3n) is 2.95. The maximum atomic E-state index is 5.23. The Kier molecular flexibility index (Phi) is 6.44. The molecular weight excluding hydrogens is 290 g/mol. The number of ether oxygens (including phenoxy) is 1. The maximum absolute atomic E-state index is 5.23. The molecule has 1 N–H and O–H groups in total. The van der Waals surface area contributed by atoms with Crippen LogP contribution in [0.3, 0.4) is 0 Å². The molecule has 0 fully saturated rings. The lowest BCUT2D eigenvalue weighted by Gasteiger charge is -2.14. The van der Waals surface area contributed by atoms with Gasteiger partial charge in [-0.05, 0) is 60.4 Å². The van der Waals surface area contributed by atoms with E-state index in [4.69, 9.17) is 4.74 Å². The van der Waals surface area contributed by atoms with Crippen LogP contribution in [0, 0.1) is 0 Å². The lowest BCUT2D eigenvalue weighted by Crippen LogP contribution is -2.27. The number of nitrogens with one attached hydrogen (secondary N) is 1. The molecule has 0 saturated heterocycles. The van der Waals surface area contributed by atoms with E-state index >= 15 is 0 Å². The molecule has 3 heteroatoms. The van der Waals surface area contributed by atoms with Gasteiger partial charge in [-0.1, -0.05) is 24.6 Å². The van der Waals surface area contributed by atoms with E-state index in [1.165, 1.54) is 11.1 Å². The molecule has 0 bridgehead atoms. The van der Waals surface area contributed by atoms with Gasteiger partial charge in [-0.25, -0.2) is 0 Å². The fourth-order valence-electron chi connectivity index (χ4n) is 1.68. The number of halogens is 1. The highest BCUT2D eigenvalue weighted by molar-refractivity contribution is 9.10. The van der Waals surface area contributed by atoms with E-state index in [9.17, 15) is 0 Å². The molecule has 1 rings (SSSR count). The summed E-state index contributed by atoms with van der Waals surface area (Å²) in [5.41, 5.74) is 2.52. The van der Waals surface area contributed by atoms with E-state index in [1.807, 2.05) is 6.07 Å². The zero-order chi connectivity index (χ0) is 13.5. The predicted octanol–water partition coefficient (Wildman–Crippen LogP) is 4.25. The van der Waals surface area contributed by atoms with Gasteiger partial charge in [-0.3, -0.25) is 0 Å². The minimum atomic E-state index is 0.408. The van der Waals surface area contributed by atoms with Crippen molar-refractivity contribution in [1.82, 2.24) is 5.32 Å². The first-order valence-electron chi connectivity index (χ1n) is 6.33. The predicted molar refractivity (Wildman–Crippen MR) is 82.1 cm³/mol. The fourth-order valence-corrected chi connectivity index (χ4v) is 2.24. The normalized spacial score (nSPS) is 13.5. The average Bonchev–Trinajstić information content (AvgIpc) is 2.36. The number of rotatable bonds is 6. The van der Waals surface area contributed by atoms with Crippen LogP contribution in [0.15, 0.2) is 28.2 Å². The molecule has 2 nitrogen and oxygen atoms in total. The Morgan fingerprint density at radius 3 is 2.78 bits per heavy atom. The molecule has 0 aliphatic rings. The van der Waals surface area contributed by atoms with Gasteiger partial charge in [0.1, 0.15) is 5.75 Å². The van der Waals surface area contributed by atoms with Crippen LogP contribution in [0.4, 0.5) is 0 Å². The van der Waals surface area contributed by atoms with Crippen molar-refractivity contribution in [1.29, 1.82) is 0 Å². The van der Waals surface area contributed by atoms with Gasteiger partial charge in [0.15, 0.2) is 0 Å². The molecule has 0 aliphatic heterocycles. The lowest BCUT2D eigenvalue weighted by molar-refractivity contribution is 0.412. The largest absolute Gasteiger partial charge is 0.496 e. The van der Waals surface area contributed by atoms with Gasteiger partial charge >= 0.3 is 0 Å². The standard InChI is InChI=1S/C15H22BrNO/c1-5-8-17-12(3)11(2)9-13-6-7-15(18-4)14(16)10-13/h6-7,9-10,12,17H,5,8H2,1-4H3/b11-9+. The van der Waals surface area contributed by atoms with E-state index in [-0.39, 0.29) is 0 Å². The van der Waals surface area contributed by atoms with E-state index < -0.39 is 0 Å². The molecule has 18 heavy (non-hydrogen) atoms. The second-order valence-corrected chi connectivity index (χ2v) is 5.31. The van der Waals surface area contributed by atoms with Crippen LogP contribution in [0.25, 0.3) is 6.08 Å². The van der Waals surface area contributed by atoms with E-state index in [2.05, 4.69) is 60.2 Å². The molecule has 100 valence electrons. The Bertz CT molecular complexity index is 415. The van der Waals surface area contributed by atoms with Crippen LogP contribution in [-0.2, 0) is 0 Å². The Hall–Kier alpha value is -0.800. The van der Waals surface area contributed by atoms with Crippen LogP contribution in [-0.4, -0.2) is 19.7 Å². The molecular formula is C15H22BrNO. The van der Waals surface area contributed by atoms with Crippen molar-refractivity contribution in [3.05, 3.63) is 33.8 Å². The second kappa shape index (κ2) is 7.59. The Morgan fingerprint density at radius 2 is 2.22 bits per heavy atom. The maximum Gasteiger partial charge on any atom is 0.133 e. The smallest absolute Gasteiger partial charge is 0.133 e. The Labute approximate surface area is 119 Å². The number of hydrogen-bond acceptors (Lipinski definition) is 2. The summed E-state index contributed by atoms with van der Waals surface area (Å²) in [6, 6.07) is 6.54. The molecule has 0 amide bonds. The molecule has 1 atom stereocenters. The van der Waals surface area contributed by atoms with Gasteiger partial charge < -0.3 is 10.1 Å². The first-order chi connectivity index (χ1) is 8.58. The van der Waals surface area contributed by atoms with E-state index in [1.54, 1.807) is 7.11 Å². The van der Waals surface area contributed by atoms with Gasteiger partial charge in [0, 0.05) is 6.04 Å². The summed E-state index contributed by atoms with van der Waals surface area (Å²) >= 11 is 3.51. The minimum Gasteiger partial charge on any atom is -0.496 e. The highest BCUT2D eigenvalue weighted by atomic mass is 79.9. The van der Waals surface area contributed by atoms with Gasteiger partial charge in [-0.15, -0.1) is 0 Å². The lowest BCUT2D eigenvalue weighted by atomic mass is 10.1. The quantitative estimate of drug-likeness (QED) is 0.848. The SMILES string of the molecule is CCCNC(C)/C(C)=C/c1ccc(OC)c(Br)c1. The average molecular weight is 312 g/mol. The van der Waals surface area contributed by atoms with Crippen LogP contribution < -0.4 is 10.1 Å². The van der Waals surface area contributed by atoms with Crippen molar-refractivity contribution in [2.24, 2.45) is 0 Å². The van der Waals surface area contributed by atoms with E-state index in [0.29, 0.717) is 6.04 Å². The molecule has 1 unspecified atom stereocenters. The summed E-state index contributed by atoms with van der Waals surface area (Å²) in [5, 5.41) is 3.48. The minimum absolute atomic E-state index is 0.408. The van der Waals surface area contributed by atoms with Crippen LogP contribution in [0.1, 0.15) is 32.8 Å². The monoisotopic (exact) mass is 311 g/mol. The van der Waals surface area contributed by atoms with Crippen molar-refractivity contribution in [2.75, 3.05) is 13.7 Å². The Balaban J connectivity index is 2.78. The summed E-state index contributed by atoms with van der Waals surface area (Å²) in [4.78, 5) is 0. The number of methoxy groups -OCH3 is 1. The van der Waals surface area contributed by atoms with Crippen LogP contribution in [0.2, 0.25) is 0 Å². The number of hydrogen-bond donors (Lipinski definition) is 1. The van der Waals surface area contributed by atoms with Crippen molar-refractivity contribution < 1.29 is 4.74 Å². The first kappa shape index (κ1) is 15.3. The second-order valence-electron chi connectivity index (χ2n) is 4.46. The van der Waals surface area contributed by atoms with Gasteiger partial charge in [0.05, 0.1) is 11.6 Å². The van der Waals surface area contributed by atoms with Crippen LogP contribution in [0.5, 0.6) is 5.75 Å². The van der Waals surface area contributed by atoms with Crippen LogP contribution >= 0.6 is 15.9 Å². The molecule has 0 saturated carbocycles. The van der Waals surface area contributed by atoms with Crippen molar-refractivity contribution in [3.8, 4) is 5.75 Å². The molecule has 1 aromatic carbocycles. The molecule has 1 aromatic rings. The van der Waals surface area contributed by atoms with Gasteiger partial charge in [0.2, 0.25) is 0 Å². The third kappa shape index (κ3) is 4.46. The summed E-state index contributed by atoms with van der Waals surface area (Å²) in [6.45, 7) is 7.59. The molecule has 0 radical (unpaired) electrons. The summed E-state index contributed by atoms with van der Waals surface area (Å²) in [6.07, 6.45) is 3.36. The molecule has 0 heterocycles. The zero-order valence-electron chi connectivity index (χ0n) is 11.6. The summed E-state index contributed by atoms with van der Waals surface area (Å²) in [5.74, 6) is 0.863. The summed E-state index contributed by atoms with van der Waals surface area (Å²) in [7, 11) is 1.68. The summed E-state index contributed by atoms with van der Waals surface area (Å²) < 4.78 is 6.21. The van der Waals surface area contributed by atoms with Gasteiger partial charge in [-0.2, -0.15) is 0 Å². The third-order valence-corrected chi connectivity index (χ3v) is 3.57. The molecule has 0 spiro atoms. The first-order valence-corrected chi connectivity index (χ1v) is 7.13. The highest BCUT2D eigenvalue weighted by Gasteiger charge is 2.04. The van der Waals surface area contributed by atoms with Crippen molar-refractivity contribution in [3.63, 3.8) is 0 Å². The zero-order valence-corrected chi connectivity index (χ0v) is 13.2. The number of benzene rings is 1. The Morgan fingerprint density at radius 1 is 1.50 bits per heavy atom. The highest BCUT2D eigenvalue weighted by Crippen LogP contribution is 2.26. The molecule has 0 aromatic heterocycles. The molecule has 0 aliphatic carbocycles. The van der Waals surface area contributed by atoms with Crippen molar-refractivity contribution >= 4 is 22.0 Å². The van der Waals surface area contributed by atoms with Crippen molar-refractivity contribution in [2.45, 2.75) is 33.2 Å². The topological polar surface area (TPSA) is 21.3 Å².